The van der Waals surface area contributed by atoms with Crippen molar-refractivity contribution in [2.24, 2.45) is 0 Å². The van der Waals surface area contributed by atoms with E-state index in [1.165, 1.54) is 6.33 Å². The number of aromatic nitrogens is 2. The van der Waals surface area contributed by atoms with E-state index in [9.17, 15) is 4.79 Å². The summed E-state index contributed by atoms with van der Waals surface area (Å²) in [6.45, 7) is 3.89. The van der Waals surface area contributed by atoms with Crippen LogP contribution in [0.15, 0.2) is 48.9 Å². The Labute approximate surface area is 112 Å². The summed E-state index contributed by atoms with van der Waals surface area (Å²) in [6, 6.07) is 11.1. The van der Waals surface area contributed by atoms with Crippen LogP contribution in [-0.4, -0.2) is 16.0 Å². The molecule has 0 bridgehead atoms. The van der Waals surface area contributed by atoms with E-state index in [1.54, 1.807) is 12.3 Å². The fourth-order valence-corrected chi connectivity index (χ4v) is 1.72. The van der Waals surface area contributed by atoms with E-state index in [-0.39, 0.29) is 6.03 Å². The molecule has 2 rings (SSSR count). The van der Waals surface area contributed by atoms with Gasteiger partial charge in [-0.05, 0) is 25.5 Å². The highest BCUT2D eigenvalue weighted by Gasteiger charge is 2.22. The van der Waals surface area contributed by atoms with Gasteiger partial charge in [0.25, 0.3) is 0 Å². The van der Waals surface area contributed by atoms with Gasteiger partial charge in [-0.3, -0.25) is 5.32 Å². The van der Waals surface area contributed by atoms with Crippen molar-refractivity contribution in [2.45, 2.75) is 19.4 Å². The van der Waals surface area contributed by atoms with Gasteiger partial charge in [0.1, 0.15) is 12.1 Å². The predicted octanol–water partition coefficient (Wildman–Crippen LogP) is 2.53. The molecule has 19 heavy (non-hydrogen) atoms. The topological polar surface area (TPSA) is 66.9 Å². The number of benzene rings is 1. The molecule has 0 aliphatic rings. The zero-order chi connectivity index (χ0) is 13.7. The van der Waals surface area contributed by atoms with Crippen LogP contribution in [-0.2, 0) is 5.54 Å². The fraction of sp³-hybridized carbons (Fsp3) is 0.214. The van der Waals surface area contributed by atoms with Crippen LogP contribution in [0.25, 0.3) is 0 Å². The maximum absolute atomic E-state index is 11.9. The number of urea groups is 1. The van der Waals surface area contributed by atoms with Crippen LogP contribution in [0.1, 0.15) is 19.4 Å². The van der Waals surface area contributed by atoms with Gasteiger partial charge >= 0.3 is 6.03 Å². The highest BCUT2D eigenvalue weighted by molar-refractivity contribution is 5.88. The van der Waals surface area contributed by atoms with Crippen LogP contribution in [0.4, 0.5) is 10.6 Å². The van der Waals surface area contributed by atoms with Crippen molar-refractivity contribution in [1.82, 2.24) is 15.3 Å². The van der Waals surface area contributed by atoms with Gasteiger partial charge in [-0.25, -0.2) is 14.8 Å². The highest BCUT2D eigenvalue weighted by atomic mass is 16.2. The Morgan fingerprint density at radius 2 is 1.89 bits per heavy atom. The predicted molar refractivity (Wildman–Crippen MR) is 73.7 cm³/mol. The van der Waals surface area contributed by atoms with E-state index in [0.717, 1.165) is 5.56 Å². The number of hydrogen-bond acceptors (Lipinski definition) is 3. The second-order valence-corrected chi connectivity index (χ2v) is 4.66. The van der Waals surface area contributed by atoms with E-state index in [2.05, 4.69) is 20.6 Å². The Kier molecular flexibility index (Phi) is 3.75. The number of carbonyl (C=O) groups is 1. The van der Waals surface area contributed by atoms with E-state index in [4.69, 9.17) is 0 Å². The molecular formula is C14H16N4O. The second kappa shape index (κ2) is 5.48. The summed E-state index contributed by atoms with van der Waals surface area (Å²) in [4.78, 5) is 19.6. The molecule has 2 N–H and O–H groups in total. The van der Waals surface area contributed by atoms with Crippen LogP contribution in [0.2, 0.25) is 0 Å². The molecule has 1 heterocycles. The SMILES string of the molecule is CC(C)(NC(=O)Nc1ccncn1)c1ccccc1. The molecule has 0 aliphatic heterocycles. The lowest BCUT2D eigenvalue weighted by Gasteiger charge is -2.26. The van der Waals surface area contributed by atoms with Crippen LogP contribution in [0.5, 0.6) is 0 Å². The molecule has 0 saturated heterocycles. The average Bonchev–Trinajstić information content (AvgIpc) is 2.40. The highest BCUT2D eigenvalue weighted by Crippen LogP contribution is 2.19. The van der Waals surface area contributed by atoms with Crippen LogP contribution >= 0.6 is 0 Å². The molecule has 0 saturated carbocycles. The molecule has 0 aliphatic carbocycles. The van der Waals surface area contributed by atoms with E-state index in [0.29, 0.717) is 5.82 Å². The molecule has 2 aromatic rings. The minimum Gasteiger partial charge on any atom is -0.329 e. The number of anilines is 1. The zero-order valence-electron chi connectivity index (χ0n) is 10.9. The summed E-state index contributed by atoms with van der Waals surface area (Å²) in [7, 11) is 0. The first-order valence-electron chi connectivity index (χ1n) is 5.99. The zero-order valence-corrected chi connectivity index (χ0v) is 10.9. The average molecular weight is 256 g/mol. The first kappa shape index (κ1) is 13.0. The number of nitrogens with one attached hydrogen (secondary N) is 2. The summed E-state index contributed by atoms with van der Waals surface area (Å²) < 4.78 is 0. The Morgan fingerprint density at radius 1 is 1.16 bits per heavy atom. The lowest BCUT2D eigenvalue weighted by atomic mass is 9.95. The third-order valence-corrected chi connectivity index (χ3v) is 2.75. The normalized spacial score (nSPS) is 10.8. The first-order valence-corrected chi connectivity index (χ1v) is 5.99. The minimum atomic E-state index is -0.460. The van der Waals surface area contributed by atoms with E-state index in [1.807, 2.05) is 44.2 Å². The molecule has 0 fully saturated rings. The number of amides is 2. The number of rotatable bonds is 3. The number of hydrogen-bond donors (Lipinski definition) is 2. The molecule has 98 valence electrons. The molecule has 0 radical (unpaired) electrons. The Balaban J connectivity index is 2.02. The van der Waals surface area contributed by atoms with Gasteiger partial charge in [-0.15, -0.1) is 0 Å². The standard InChI is InChI=1S/C14H16N4O/c1-14(2,11-6-4-3-5-7-11)18-13(19)17-12-8-9-15-10-16-12/h3-10H,1-2H3,(H2,15,16,17,18,19). The molecular weight excluding hydrogens is 240 g/mol. The molecule has 0 unspecified atom stereocenters. The minimum absolute atomic E-state index is 0.299. The van der Waals surface area contributed by atoms with Crippen molar-refractivity contribution in [1.29, 1.82) is 0 Å². The van der Waals surface area contributed by atoms with Gasteiger partial charge in [-0.1, -0.05) is 30.3 Å². The Hall–Kier alpha value is -2.43. The van der Waals surface area contributed by atoms with Gasteiger partial charge in [0.2, 0.25) is 0 Å². The van der Waals surface area contributed by atoms with E-state index < -0.39 is 5.54 Å². The van der Waals surface area contributed by atoms with Gasteiger partial charge < -0.3 is 5.32 Å². The smallest absolute Gasteiger partial charge is 0.321 e. The third-order valence-electron chi connectivity index (χ3n) is 2.75. The van der Waals surface area contributed by atoms with Crippen LogP contribution < -0.4 is 10.6 Å². The molecule has 0 atom stereocenters. The van der Waals surface area contributed by atoms with Crippen LogP contribution in [0, 0.1) is 0 Å². The van der Waals surface area contributed by atoms with Gasteiger partial charge in [0.15, 0.2) is 0 Å². The van der Waals surface area contributed by atoms with Crippen molar-refractivity contribution < 1.29 is 4.79 Å². The van der Waals surface area contributed by atoms with Crippen molar-refractivity contribution >= 4 is 11.8 Å². The monoisotopic (exact) mass is 256 g/mol. The molecule has 1 aromatic heterocycles. The number of nitrogens with zero attached hydrogens (tertiary/aromatic N) is 2. The molecule has 1 aromatic carbocycles. The van der Waals surface area contributed by atoms with Gasteiger partial charge in [-0.2, -0.15) is 0 Å². The molecule has 2 amide bonds. The summed E-state index contributed by atoms with van der Waals surface area (Å²) in [5.74, 6) is 0.469. The first-order chi connectivity index (χ1) is 9.08. The van der Waals surface area contributed by atoms with Gasteiger partial charge in [0, 0.05) is 6.20 Å². The summed E-state index contributed by atoms with van der Waals surface area (Å²) in [5.41, 5.74) is 0.575. The maximum atomic E-state index is 11.9. The third kappa shape index (κ3) is 3.51. The van der Waals surface area contributed by atoms with Crippen molar-refractivity contribution in [3.8, 4) is 0 Å². The van der Waals surface area contributed by atoms with E-state index >= 15 is 0 Å². The van der Waals surface area contributed by atoms with Gasteiger partial charge in [0.05, 0.1) is 5.54 Å². The Morgan fingerprint density at radius 3 is 2.53 bits per heavy atom. The second-order valence-electron chi connectivity index (χ2n) is 4.66. The summed E-state index contributed by atoms with van der Waals surface area (Å²) in [5, 5.41) is 5.58. The van der Waals surface area contributed by atoms with Crippen molar-refractivity contribution in [2.75, 3.05) is 5.32 Å². The molecule has 5 heteroatoms. The van der Waals surface area contributed by atoms with Crippen molar-refractivity contribution in [3.05, 3.63) is 54.5 Å². The Bertz CT molecular complexity index is 540. The number of carbonyl (C=O) groups excluding carboxylic acids is 1. The lowest BCUT2D eigenvalue weighted by Crippen LogP contribution is -2.43. The molecule has 5 nitrogen and oxygen atoms in total. The van der Waals surface area contributed by atoms with Crippen LogP contribution in [0.3, 0.4) is 0 Å². The van der Waals surface area contributed by atoms with Crippen molar-refractivity contribution in [3.63, 3.8) is 0 Å². The molecule has 0 spiro atoms. The lowest BCUT2D eigenvalue weighted by molar-refractivity contribution is 0.242. The summed E-state index contributed by atoms with van der Waals surface area (Å²) in [6.07, 6.45) is 2.96. The fourth-order valence-electron chi connectivity index (χ4n) is 1.72. The summed E-state index contributed by atoms with van der Waals surface area (Å²) >= 11 is 0. The largest absolute Gasteiger partial charge is 0.329 e. The maximum Gasteiger partial charge on any atom is 0.321 e. The quantitative estimate of drug-likeness (QED) is 0.886.